The van der Waals surface area contributed by atoms with E-state index in [-0.39, 0.29) is 6.04 Å². The molecule has 0 spiro atoms. The zero-order valence-electron chi connectivity index (χ0n) is 11.0. The summed E-state index contributed by atoms with van der Waals surface area (Å²) in [7, 11) is 0. The van der Waals surface area contributed by atoms with Crippen molar-refractivity contribution < 1.29 is 4.74 Å². The summed E-state index contributed by atoms with van der Waals surface area (Å²) < 4.78 is 6.98. The van der Waals surface area contributed by atoms with E-state index in [1.54, 1.807) is 0 Å². The fourth-order valence-electron chi connectivity index (χ4n) is 1.85. The highest BCUT2D eigenvalue weighted by Gasteiger charge is 2.09. The molecule has 0 aliphatic carbocycles. The average molecular weight is 320 g/mol. The van der Waals surface area contributed by atoms with Gasteiger partial charge in [0.25, 0.3) is 0 Å². The smallest absolute Gasteiger partial charge is 0.130 e. The second-order valence-electron chi connectivity index (χ2n) is 4.54. The Morgan fingerprint density at radius 2 is 1.89 bits per heavy atom. The molecule has 19 heavy (non-hydrogen) atoms. The van der Waals surface area contributed by atoms with Crippen molar-refractivity contribution in [1.82, 2.24) is 0 Å². The SMILES string of the molecule is CCC(N)Cc1cc(Br)ccc1Oc1ccccc1. The molecule has 2 aromatic carbocycles. The summed E-state index contributed by atoms with van der Waals surface area (Å²) in [6, 6.07) is 16.0. The van der Waals surface area contributed by atoms with Gasteiger partial charge in [-0.2, -0.15) is 0 Å². The Hall–Kier alpha value is -1.32. The van der Waals surface area contributed by atoms with Crippen LogP contribution in [0.1, 0.15) is 18.9 Å². The lowest BCUT2D eigenvalue weighted by Crippen LogP contribution is -2.21. The zero-order chi connectivity index (χ0) is 13.7. The molecule has 2 aromatic rings. The third-order valence-electron chi connectivity index (χ3n) is 3.00. The molecule has 2 nitrogen and oxygen atoms in total. The molecule has 100 valence electrons. The van der Waals surface area contributed by atoms with Crippen molar-refractivity contribution in [2.24, 2.45) is 5.73 Å². The van der Waals surface area contributed by atoms with E-state index in [1.165, 1.54) is 0 Å². The molecule has 0 amide bonds. The Kier molecular flexibility index (Phi) is 5.00. The third-order valence-corrected chi connectivity index (χ3v) is 3.49. The van der Waals surface area contributed by atoms with Gasteiger partial charge in [0.1, 0.15) is 11.5 Å². The number of halogens is 1. The second kappa shape index (κ2) is 6.73. The van der Waals surface area contributed by atoms with Crippen LogP contribution >= 0.6 is 15.9 Å². The molecule has 0 fully saturated rings. The number of benzene rings is 2. The van der Waals surface area contributed by atoms with E-state index in [2.05, 4.69) is 28.9 Å². The highest BCUT2D eigenvalue weighted by molar-refractivity contribution is 9.10. The molecule has 2 N–H and O–H groups in total. The quantitative estimate of drug-likeness (QED) is 0.879. The molecule has 3 heteroatoms. The number of nitrogens with two attached hydrogens (primary N) is 1. The van der Waals surface area contributed by atoms with Crippen LogP contribution in [0.25, 0.3) is 0 Å². The van der Waals surface area contributed by atoms with Crippen molar-refractivity contribution in [1.29, 1.82) is 0 Å². The molecular formula is C16H18BrNO. The number of para-hydroxylation sites is 1. The largest absolute Gasteiger partial charge is 0.457 e. The minimum Gasteiger partial charge on any atom is -0.457 e. The fourth-order valence-corrected chi connectivity index (χ4v) is 2.26. The molecule has 0 aliphatic rings. The Labute approximate surface area is 122 Å². The van der Waals surface area contributed by atoms with Gasteiger partial charge < -0.3 is 10.5 Å². The fraction of sp³-hybridized carbons (Fsp3) is 0.250. The number of hydrogen-bond donors (Lipinski definition) is 1. The predicted octanol–water partition coefficient (Wildman–Crippen LogP) is 4.52. The van der Waals surface area contributed by atoms with Crippen LogP contribution < -0.4 is 10.5 Å². The maximum absolute atomic E-state index is 6.05. The Balaban J connectivity index is 2.24. The minimum absolute atomic E-state index is 0.160. The molecule has 0 heterocycles. The first-order valence-electron chi connectivity index (χ1n) is 6.46. The van der Waals surface area contributed by atoms with E-state index >= 15 is 0 Å². The number of hydrogen-bond acceptors (Lipinski definition) is 2. The van der Waals surface area contributed by atoms with Crippen molar-refractivity contribution in [2.75, 3.05) is 0 Å². The van der Waals surface area contributed by atoms with Gasteiger partial charge in [-0.3, -0.25) is 0 Å². The highest BCUT2D eigenvalue weighted by Crippen LogP contribution is 2.29. The molecule has 0 saturated heterocycles. The zero-order valence-corrected chi connectivity index (χ0v) is 12.6. The standard InChI is InChI=1S/C16H18BrNO/c1-2-14(18)11-12-10-13(17)8-9-16(12)19-15-6-4-3-5-7-15/h3-10,14H,2,11,18H2,1H3. The normalized spacial score (nSPS) is 12.2. The molecule has 1 unspecified atom stereocenters. The second-order valence-corrected chi connectivity index (χ2v) is 5.46. The first kappa shape index (κ1) is 14.1. The van der Waals surface area contributed by atoms with Crippen LogP contribution in [0.4, 0.5) is 0 Å². The van der Waals surface area contributed by atoms with E-state index in [4.69, 9.17) is 10.5 Å². The molecule has 0 radical (unpaired) electrons. The summed E-state index contributed by atoms with van der Waals surface area (Å²) in [6.07, 6.45) is 1.77. The lowest BCUT2D eigenvalue weighted by molar-refractivity contribution is 0.472. The summed E-state index contributed by atoms with van der Waals surface area (Å²) in [5, 5.41) is 0. The lowest BCUT2D eigenvalue weighted by Gasteiger charge is -2.14. The van der Waals surface area contributed by atoms with Crippen LogP contribution in [0, 0.1) is 0 Å². The molecule has 1 atom stereocenters. The van der Waals surface area contributed by atoms with E-state index in [0.717, 1.165) is 34.4 Å². The van der Waals surface area contributed by atoms with Crippen LogP contribution in [0.2, 0.25) is 0 Å². The molecular weight excluding hydrogens is 302 g/mol. The van der Waals surface area contributed by atoms with Crippen molar-refractivity contribution >= 4 is 15.9 Å². The number of ether oxygens (including phenoxy) is 1. The van der Waals surface area contributed by atoms with Crippen LogP contribution in [-0.2, 0) is 6.42 Å². The Morgan fingerprint density at radius 1 is 1.16 bits per heavy atom. The van der Waals surface area contributed by atoms with Crippen molar-refractivity contribution in [3.63, 3.8) is 0 Å². The first-order valence-corrected chi connectivity index (χ1v) is 7.25. The van der Waals surface area contributed by atoms with E-state index < -0.39 is 0 Å². The van der Waals surface area contributed by atoms with Gasteiger partial charge in [0.2, 0.25) is 0 Å². The molecule has 0 saturated carbocycles. The monoisotopic (exact) mass is 319 g/mol. The average Bonchev–Trinajstić information content (AvgIpc) is 2.43. The van der Waals surface area contributed by atoms with Crippen LogP contribution in [0.3, 0.4) is 0 Å². The topological polar surface area (TPSA) is 35.2 Å². The van der Waals surface area contributed by atoms with E-state index in [0.29, 0.717) is 0 Å². The summed E-state index contributed by atoms with van der Waals surface area (Å²) in [5.74, 6) is 1.72. The minimum atomic E-state index is 0.160. The van der Waals surface area contributed by atoms with Gasteiger partial charge in [-0.15, -0.1) is 0 Å². The van der Waals surface area contributed by atoms with Gasteiger partial charge in [0.15, 0.2) is 0 Å². The Morgan fingerprint density at radius 3 is 2.58 bits per heavy atom. The number of rotatable bonds is 5. The highest BCUT2D eigenvalue weighted by atomic mass is 79.9. The van der Waals surface area contributed by atoms with E-state index in [1.807, 2.05) is 42.5 Å². The summed E-state index contributed by atoms with van der Waals surface area (Å²) in [6.45, 7) is 2.10. The molecule has 0 bridgehead atoms. The molecule has 2 rings (SSSR count). The summed E-state index contributed by atoms with van der Waals surface area (Å²) in [5.41, 5.74) is 7.18. The lowest BCUT2D eigenvalue weighted by atomic mass is 10.0. The third kappa shape index (κ3) is 4.08. The predicted molar refractivity (Wildman–Crippen MR) is 82.6 cm³/mol. The van der Waals surface area contributed by atoms with Crippen molar-refractivity contribution in [3.05, 3.63) is 58.6 Å². The van der Waals surface area contributed by atoms with E-state index in [9.17, 15) is 0 Å². The van der Waals surface area contributed by atoms with Crippen LogP contribution in [0.5, 0.6) is 11.5 Å². The maximum atomic E-state index is 6.05. The van der Waals surface area contributed by atoms with Gasteiger partial charge in [-0.25, -0.2) is 0 Å². The van der Waals surface area contributed by atoms with Gasteiger partial charge in [0.05, 0.1) is 0 Å². The molecule has 0 aliphatic heterocycles. The summed E-state index contributed by atoms with van der Waals surface area (Å²) in [4.78, 5) is 0. The summed E-state index contributed by atoms with van der Waals surface area (Å²) >= 11 is 3.50. The van der Waals surface area contributed by atoms with Gasteiger partial charge >= 0.3 is 0 Å². The Bertz CT molecular complexity index is 528. The molecule has 0 aromatic heterocycles. The van der Waals surface area contributed by atoms with Gasteiger partial charge in [0, 0.05) is 10.5 Å². The van der Waals surface area contributed by atoms with Gasteiger partial charge in [-0.1, -0.05) is 41.1 Å². The van der Waals surface area contributed by atoms with Crippen molar-refractivity contribution in [3.8, 4) is 11.5 Å². The maximum Gasteiger partial charge on any atom is 0.130 e. The van der Waals surface area contributed by atoms with Crippen LogP contribution in [0.15, 0.2) is 53.0 Å². The first-order chi connectivity index (χ1) is 9.19. The van der Waals surface area contributed by atoms with Gasteiger partial charge in [-0.05, 0) is 48.7 Å². The van der Waals surface area contributed by atoms with Crippen LogP contribution in [-0.4, -0.2) is 6.04 Å². The van der Waals surface area contributed by atoms with Crippen molar-refractivity contribution in [2.45, 2.75) is 25.8 Å².